The number of phenols is 1. The number of alkyl halides is 3. The van der Waals surface area contributed by atoms with Gasteiger partial charge in [-0.1, -0.05) is 6.07 Å². The number of phenolic OH excluding ortho intramolecular Hbond substituents is 1. The number of anilines is 1. The SMILES string of the molecule is O=C(c1cc2c(CCC(F)(F)F)[nH]nc2cc1O)N1Cc2ccc(N3CCNCC3)cc2C1. The molecular weight excluding hydrogens is 435 g/mol. The highest BCUT2D eigenvalue weighted by atomic mass is 19.4. The summed E-state index contributed by atoms with van der Waals surface area (Å²) in [5.74, 6) is -0.601. The number of nitrogens with one attached hydrogen (secondary N) is 2. The molecule has 2 aliphatic heterocycles. The van der Waals surface area contributed by atoms with E-state index in [0.717, 1.165) is 43.0 Å². The van der Waals surface area contributed by atoms with Gasteiger partial charge in [0, 0.05) is 68.5 Å². The van der Waals surface area contributed by atoms with Crippen LogP contribution in [0.25, 0.3) is 10.9 Å². The third-order valence-corrected chi connectivity index (χ3v) is 6.32. The molecule has 7 nitrogen and oxygen atoms in total. The second-order valence-corrected chi connectivity index (χ2v) is 8.56. The normalized spacial score (nSPS) is 16.5. The summed E-state index contributed by atoms with van der Waals surface area (Å²) in [6.07, 6.45) is -5.56. The number of nitrogens with zero attached hydrogens (tertiary/aromatic N) is 3. The summed E-state index contributed by atoms with van der Waals surface area (Å²) in [6, 6.07) is 8.98. The third-order valence-electron chi connectivity index (χ3n) is 6.32. The van der Waals surface area contributed by atoms with Gasteiger partial charge in [0.2, 0.25) is 0 Å². The first kappa shape index (κ1) is 21.6. The lowest BCUT2D eigenvalue weighted by Gasteiger charge is -2.29. The number of carbonyl (C=O) groups excluding carboxylic acids is 1. The van der Waals surface area contributed by atoms with Crippen LogP contribution in [0.4, 0.5) is 18.9 Å². The number of rotatable bonds is 4. The van der Waals surface area contributed by atoms with E-state index < -0.39 is 12.6 Å². The second-order valence-electron chi connectivity index (χ2n) is 8.56. The number of hydrogen-bond acceptors (Lipinski definition) is 5. The lowest BCUT2D eigenvalue weighted by atomic mass is 10.1. The van der Waals surface area contributed by atoms with E-state index in [9.17, 15) is 23.1 Å². The maximum absolute atomic E-state index is 13.3. The van der Waals surface area contributed by atoms with E-state index in [1.807, 2.05) is 6.07 Å². The zero-order valence-electron chi connectivity index (χ0n) is 17.9. The Bertz CT molecular complexity index is 1200. The molecule has 10 heteroatoms. The summed E-state index contributed by atoms with van der Waals surface area (Å²) in [4.78, 5) is 17.2. The molecule has 1 fully saturated rings. The minimum atomic E-state index is -4.29. The van der Waals surface area contributed by atoms with Gasteiger partial charge in [-0.2, -0.15) is 18.3 Å². The Hall–Kier alpha value is -3.27. The molecule has 1 aromatic heterocycles. The molecule has 0 bridgehead atoms. The quantitative estimate of drug-likeness (QED) is 0.558. The number of benzene rings is 2. The number of piperazine rings is 1. The molecular formula is C23H24F3N5O2. The average Bonchev–Trinajstić information content (AvgIpc) is 3.40. The lowest BCUT2D eigenvalue weighted by molar-refractivity contribution is -0.134. The van der Waals surface area contributed by atoms with Crippen LogP contribution in [0.15, 0.2) is 30.3 Å². The molecule has 174 valence electrons. The van der Waals surface area contributed by atoms with Gasteiger partial charge in [-0.15, -0.1) is 0 Å². The highest BCUT2D eigenvalue weighted by Crippen LogP contribution is 2.33. The standard InChI is InChI=1S/C23H24F3N5O2/c24-23(25,26)4-3-19-17-10-18(21(32)11-20(17)29-28-19)22(33)31-12-14-1-2-16(9-15(14)13-31)30-7-5-27-6-8-30/h1-2,9-11,27,32H,3-8,12-13H2,(H,28,29). The predicted octanol–water partition coefficient (Wildman–Crippen LogP) is 3.33. The molecule has 0 aliphatic carbocycles. The molecule has 0 unspecified atom stereocenters. The lowest BCUT2D eigenvalue weighted by Crippen LogP contribution is -2.43. The molecule has 0 atom stereocenters. The van der Waals surface area contributed by atoms with Crippen LogP contribution in [-0.2, 0) is 19.5 Å². The molecule has 2 aromatic carbocycles. The van der Waals surface area contributed by atoms with Crippen molar-refractivity contribution in [2.75, 3.05) is 31.1 Å². The first-order valence-electron chi connectivity index (χ1n) is 10.9. The number of hydrogen-bond donors (Lipinski definition) is 3. The van der Waals surface area contributed by atoms with Crippen molar-refractivity contribution in [3.63, 3.8) is 0 Å². The summed E-state index contributed by atoms with van der Waals surface area (Å²) >= 11 is 0. The van der Waals surface area contributed by atoms with Gasteiger partial charge >= 0.3 is 6.18 Å². The number of aromatic nitrogens is 2. The summed E-state index contributed by atoms with van der Waals surface area (Å²) in [5.41, 5.74) is 3.92. The average molecular weight is 459 g/mol. The van der Waals surface area contributed by atoms with Gasteiger partial charge in [0.15, 0.2) is 0 Å². The van der Waals surface area contributed by atoms with Gasteiger partial charge in [-0.3, -0.25) is 9.89 Å². The van der Waals surface area contributed by atoms with Crippen LogP contribution in [-0.4, -0.2) is 58.5 Å². The van der Waals surface area contributed by atoms with Crippen LogP contribution in [0.5, 0.6) is 5.75 Å². The van der Waals surface area contributed by atoms with E-state index >= 15 is 0 Å². The summed E-state index contributed by atoms with van der Waals surface area (Å²) in [6.45, 7) is 4.55. The minimum absolute atomic E-state index is 0.0623. The van der Waals surface area contributed by atoms with Crippen molar-refractivity contribution in [2.45, 2.75) is 32.1 Å². The number of H-pyrrole nitrogens is 1. The van der Waals surface area contributed by atoms with E-state index in [1.165, 1.54) is 12.1 Å². The Morgan fingerprint density at radius 2 is 1.85 bits per heavy atom. The molecule has 3 heterocycles. The fourth-order valence-electron chi connectivity index (χ4n) is 4.54. The fraction of sp³-hybridized carbons (Fsp3) is 0.391. The van der Waals surface area contributed by atoms with E-state index in [1.54, 1.807) is 4.90 Å². The van der Waals surface area contributed by atoms with Crippen molar-refractivity contribution in [3.05, 3.63) is 52.7 Å². The highest BCUT2D eigenvalue weighted by Gasteiger charge is 2.29. The molecule has 1 amide bonds. The highest BCUT2D eigenvalue weighted by molar-refractivity contribution is 6.01. The van der Waals surface area contributed by atoms with Gasteiger partial charge in [0.25, 0.3) is 5.91 Å². The Labute approximate surface area is 188 Å². The van der Waals surface area contributed by atoms with Gasteiger partial charge in [-0.05, 0) is 35.7 Å². The molecule has 5 rings (SSSR count). The molecule has 2 aliphatic rings. The predicted molar refractivity (Wildman–Crippen MR) is 117 cm³/mol. The maximum Gasteiger partial charge on any atom is 0.389 e. The van der Waals surface area contributed by atoms with E-state index in [2.05, 4.69) is 32.5 Å². The molecule has 3 aromatic rings. The first-order valence-corrected chi connectivity index (χ1v) is 10.9. The number of carbonyl (C=O) groups is 1. The Morgan fingerprint density at radius 1 is 1.09 bits per heavy atom. The van der Waals surface area contributed by atoms with Crippen LogP contribution in [0.1, 0.15) is 33.6 Å². The summed E-state index contributed by atoms with van der Waals surface area (Å²) < 4.78 is 38.0. The van der Waals surface area contributed by atoms with Gasteiger partial charge in [0.1, 0.15) is 5.75 Å². The van der Waals surface area contributed by atoms with Crippen molar-refractivity contribution in [2.24, 2.45) is 0 Å². The van der Waals surface area contributed by atoms with Gasteiger partial charge in [-0.25, -0.2) is 0 Å². The Balaban J connectivity index is 1.37. The monoisotopic (exact) mass is 459 g/mol. The van der Waals surface area contributed by atoms with Gasteiger partial charge in [0.05, 0.1) is 11.1 Å². The number of aryl methyl sites for hydroxylation is 1. The van der Waals surface area contributed by atoms with Crippen molar-refractivity contribution < 1.29 is 23.1 Å². The molecule has 1 saturated heterocycles. The van der Waals surface area contributed by atoms with Gasteiger partial charge < -0.3 is 20.2 Å². The Kier molecular flexibility index (Phi) is 5.40. The fourth-order valence-corrected chi connectivity index (χ4v) is 4.54. The van der Waals surface area contributed by atoms with Crippen molar-refractivity contribution in [3.8, 4) is 5.75 Å². The van der Waals surface area contributed by atoms with Crippen molar-refractivity contribution in [1.82, 2.24) is 20.4 Å². The minimum Gasteiger partial charge on any atom is -0.507 e. The third kappa shape index (κ3) is 4.35. The number of halogens is 3. The van der Waals surface area contributed by atoms with Crippen molar-refractivity contribution >= 4 is 22.5 Å². The van der Waals surface area contributed by atoms with Crippen LogP contribution >= 0.6 is 0 Å². The molecule has 0 radical (unpaired) electrons. The smallest absolute Gasteiger partial charge is 0.389 e. The molecule has 0 spiro atoms. The van der Waals surface area contributed by atoms with Crippen LogP contribution in [0, 0.1) is 0 Å². The van der Waals surface area contributed by atoms with Crippen LogP contribution in [0.3, 0.4) is 0 Å². The number of amides is 1. The molecule has 33 heavy (non-hydrogen) atoms. The van der Waals surface area contributed by atoms with Crippen molar-refractivity contribution in [1.29, 1.82) is 0 Å². The molecule has 0 saturated carbocycles. The van der Waals surface area contributed by atoms with E-state index in [0.29, 0.717) is 29.7 Å². The summed E-state index contributed by atoms with van der Waals surface area (Å²) in [7, 11) is 0. The number of fused-ring (bicyclic) bond motifs is 2. The zero-order valence-corrected chi connectivity index (χ0v) is 17.9. The number of aromatic hydroxyl groups is 1. The summed E-state index contributed by atoms with van der Waals surface area (Å²) in [5, 5.41) is 20.8. The topological polar surface area (TPSA) is 84.5 Å². The van der Waals surface area contributed by atoms with E-state index in [4.69, 9.17) is 0 Å². The molecule has 3 N–H and O–H groups in total. The largest absolute Gasteiger partial charge is 0.507 e. The van der Waals surface area contributed by atoms with Crippen LogP contribution < -0.4 is 10.2 Å². The Morgan fingerprint density at radius 3 is 2.61 bits per heavy atom. The first-order chi connectivity index (χ1) is 15.8. The van der Waals surface area contributed by atoms with E-state index in [-0.39, 0.29) is 23.6 Å². The number of aromatic amines is 1. The maximum atomic E-state index is 13.3. The zero-order chi connectivity index (χ0) is 23.2. The second kappa shape index (κ2) is 8.26. The van der Waals surface area contributed by atoms with Crippen LogP contribution in [0.2, 0.25) is 0 Å².